The molecule has 0 heterocycles. The highest BCUT2D eigenvalue weighted by atomic mass is 16.4. The molecule has 0 aromatic heterocycles. The van der Waals surface area contributed by atoms with Crippen molar-refractivity contribution in [2.75, 3.05) is 13.1 Å². The predicted octanol–water partition coefficient (Wildman–Crippen LogP) is 4.17. The molecule has 158 valence electrons. The third kappa shape index (κ3) is 20.6. The summed E-state index contributed by atoms with van der Waals surface area (Å²) < 4.78 is 0. The van der Waals surface area contributed by atoms with Crippen LogP contribution in [0.2, 0.25) is 0 Å². The second kappa shape index (κ2) is 19.2. The number of carboxylic acids is 1. The molecule has 0 aromatic carbocycles. The predicted molar refractivity (Wildman–Crippen MR) is 109 cm³/mol. The number of carboxylic acid groups (broad SMARTS) is 1. The maximum Gasteiger partial charge on any atom is 0.303 e. The molecule has 0 radical (unpaired) electrons. The minimum Gasteiger partial charge on any atom is -0.481 e. The van der Waals surface area contributed by atoms with Gasteiger partial charge in [-0.05, 0) is 19.3 Å². The molecule has 0 atom stereocenters. The molecule has 6 heteroatoms. The molecule has 0 fully saturated rings. The fraction of sp³-hybridized carbons (Fsp3) is 0.857. The molecule has 0 unspecified atom stereocenters. The minimum absolute atomic E-state index is 0.0370. The van der Waals surface area contributed by atoms with Crippen molar-refractivity contribution in [3.63, 3.8) is 0 Å². The van der Waals surface area contributed by atoms with Gasteiger partial charge in [0.2, 0.25) is 11.8 Å². The van der Waals surface area contributed by atoms with Gasteiger partial charge in [-0.2, -0.15) is 0 Å². The van der Waals surface area contributed by atoms with E-state index in [4.69, 9.17) is 5.11 Å². The molecule has 0 spiro atoms. The summed E-state index contributed by atoms with van der Waals surface area (Å²) in [4.78, 5) is 33.7. The molecule has 6 nitrogen and oxygen atoms in total. The maximum absolute atomic E-state index is 11.7. The van der Waals surface area contributed by atoms with E-state index in [0.29, 0.717) is 13.0 Å². The van der Waals surface area contributed by atoms with E-state index in [1.807, 2.05) is 0 Å². The minimum atomic E-state index is -0.709. The first kappa shape index (κ1) is 25.4. The monoisotopic (exact) mass is 384 g/mol. The summed E-state index contributed by atoms with van der Waals surface area (Å²) in [6.07, 6.45) is 14.7. The lowest BCUT2D eigenvalue weighted by Gasteiger charge is -2.07. The number of hydrogen-bond acceptors (Lipinski definition) is 3. The number of hydrogen-bond donors (Lipinski definition) is 3. The number of aliphatic carboxylic acids is 1. The van der Waals surface area contributed by atoms with Crippen molar-refractivity contribution in [3.8, 4) is 0 Å². The van der Waals surface area contributed by atoms with E-state index in [9.17, 15) is 14.4 Å². The number of carbonyl (C=O) groups excluding carboxylic acids is 2. The van der Waals surface area contributed by atoms with Gasteiger partial charge in [0.1, 0.15) is 0 Å². The molecule has 0 aliphatic heterocycles. The summed E-state index contributed by atoms with van der Waals surface area (Å²) in [5.74, 6) is -0.864. The van der Waals surface area contributed by atoms with E-state index in [2.05, 4.69) is 17.6 Å². The zero-order valence-corrected chi connectivity index (χ0v) is 17.2. The van der Waals surface area contributed by atoms with Gasteiger partial charge in [0.15, 0.2) is 0 Å². The number of amides is 2. The van der Waals surface area contributed by atoms with E-state index < -0.39 is 5.97 Å². The highest BCUT2D eigenvalue weighted by molar-refractivity contribution is 5.84. The molecule has 0 aromatic rings. The van der Waals surface area contributed by atoms with Gasteiger partial charge >= 0.3 is 5.97 Å². The highest BCUT2D eigenvalue weighted by Crippen LogP contribution is 2.09. The molecule has 0 saturated heterocycles. The number of rotatable bonds is 19. The summed E-state index contributed by atoms with van der Waals surface area (Å²) >= 11 is 0. The Hall–Kier alpha value is -1.59. The molecule has 0 aliphatic rings. The fourth-order valence-corrected chi connectivity index (χ4v) is 2.91. The number of unbranched alkanes of at least 4 members (excludes halogenated alkanes) is 11. The largest absolute Gasteiger partial charge is 0.481 e. The first-order valence-electron chi connectivity index (χ1n) is 10.8. The first-order chi connectivity index (χ1) is 13.1. The highest BCUT2D eigenvalue weighted by Gasteiger charge is 2.05. The van der Waals surface area contributed by atoms with E-state index in [0.717, 1.165) is 64.2 Å². The molecular formula is C21H40N2O4. The molecule has 3 N–H and O–H groups in total. The van der Waals surface area contributed by atoms with Crippen LogP contribution in [0.3, 0.4) is 0 Å². The van der Waals surface area contributed by atoms with Gasteiger partial charge in [0.25, 0.3) is 0 Å². The van der Waals surface area contributed by atoms with Crippen LogP contribution in [-0.4, -0.2) is 36.0 Å². The Bertz CT molecular complexity index is 400. The Labute approximate surface area is 164 Å². The van der Waals surface area contributed by atoms with Crippen molar-refractivity contribution in [3.05, 3.63) is 0 Å². The van der Waals surface area contributed by atoms with Gasteiger partial charge in [0.05, 0.1) is 6.54 Å². The molecule has 27 heavy (non-hydrogen) atoms. The SMILES string of the molecule is CCCCCCCC(=O)NCC(=O)NCCCCCCCCCCC(=O)O. The maximum atomic E-state index is 11.7. The summed E-state index contributed by atoms with van der Waals surface area (Å²) in [5, 5.41) is 14.1. The molecule has 0 aliphatic carbocycles. The Morgan fingerprint density at radius 3 is 1.74 bits per heavy atom. The average Bonchev–Trinajstić information content (AvgIpc) is 2.64. The van der Waals surface area contributed by atoms with Crippen molar-refractivity contribution >= 4 is 17.8 Å². The van der Waals surface area contributed by atoms with E-state index in [1.54, 1.807) is 0 Å². The lowest BCUT2D eigenvalue weighted by molar-refractivity contribution is -0.137. The lowest BCUT2D eigenvalue weighted by Crippen LogP contribution is -2.37. The zero-order valence-electron chi connectivity index (χ0n) is 17.2. The standard InChI is InChI=1S/C21H40N2O4/c1-2-3-4-9-12-15-19(24)23-18-20(25)22-17-14-11-8-6-5-7-10-13-16-21(26)27/h2-18H2,1H3,(H,22,25)(H,23,24)(H,26,27). The van der Waals surface area contributed by atoms with Crippen molar-refractivity contribution in [1.29, 1.82) is 0 Å². The van der Waals surface area contributed by atoms with E-state index >= 15 is 0 Å². The van der Waals surface area contributed by atoms with Crippen molar-refractivity contribution in [2.45, 2.75) is 103 Å². The number of carbonyl (C=O) groups is 3. The molecule has 0 rings (SSSR count). The summed E-state index contributed by atoms with van der Waals surface area (Å²) in [6, 6.07) is 0. The first-order valence-corrected chi connectivity index (χ1v) is 10.8. The Morgan fingerprint density at radius 2 is 1.15 bits per heavy atom. The number of nitrogens with one attached hydrogen (secondary N) is 2. The summed E-state index contributed by atoms with van der Waals surface area (Å²) in [6.45, 7) is 2.90. The van der Waals surface area contributed by atoms with Gasteiger partial charge in [0, 0.05) is 19.4 Å². The van der Waals surface area contributed by atoms with Crippen LogP contribution in [0.4, 0.5) is 0 Å². The third-order valence-electron chi connectivity index (χ3n) is 4.59. The zero-order chi connectivity index (χ0) is 20.2. The second-order valence-electron chi connectivity index (χ2n) is 7.26. The molecule has 0 bridgehead atoms. The fourth-order valence-electron chi connectivity index (χ4n) is 2.91. The smallest absolute Gasteiger partial charge is 0.303 e. The molecule has 0 saturated carbocycles. The van der Waals surface area contributed by atoms with Crippen molar-refractivity contribution in [2.24, 2.45) is 0 Å². The molecular weight excluding hydrogens is 344 g/mol. The van der Waals surface area contributed by atoms with E-state index in [1.165, 1.54) is 19.3 Å². The van der Waals surface area contributed by atoms with Crippen LogP contribution in [0.5, 0.6) is 0 Å². The lowest BCUT2D eigenvalue weighted by atomic mass is 10.1. The van der Waals surface area contributed by atoms with Crippen LogP contribution in [0.1, 0.15) is 103 Å². The van der Waals surface area contributed by atoms with Gasteiger partial charge in [-0.1, -0.05) is 71.1 Å². The Morgan fingerprint density at radius 1 is 0.630 bits per heavy atom. The van der Waals surface area contributed by atoms with Crippen LogP contribution < -0.4 is 10.6 Å². The molecule has 2 amide bonds. The van der Waals surface area contributed by atoms with Crippen LogP contribution in [0.15, 0.2) is 0 Å². The third-order valence-corrected chi connectivity index (χ3v) is 4.59. The van der Waals surface area contributed by atoms with E-state index in [-0.39, 0.29) is 24.8 Å². The quantitative estimate of drug-likeness (QED) is 0.291. The van der Waals surface area contributed by atoms with Crippen LogP contribution in [-0.2, 0) is 14.4 Å². The van der Waals surface area contributed by atoms with Gasteiger partial charge in [-0.3, -0.25) is 14.4 Å². The van der Waals surface area contributed by atoms with Gasteiger partial charge < -0.3 is 15.7 Å². The summed E-state index contributed by atoms with van der Waals surface area (Å²) in [5.41, 5.74) is 0. The van der Waals surface area contributed by atoms with Crippen molar-refractivity contribution < 1.29 is 19.5 Å². The topological polar surface area (TPSA) is 95.5 Å². The Kier molecular flexibility index (Phi) is 18.0. The normalized spacial score (nSPS) is 10.6. The second-order valence-corrected chi connectivity index (χ2v) is 7.26. The van der Waals surface area contributed by atoms with Gasteiger partial charge in [-0.15, -0.1) is 0 Å². The van der Waals surface area contributed by atoms with Crippen LogP contribution >= 0.6 is 0 Å². The Balaban J connectivity index is 3.32. The average molecular weight is 385 g/mol. The van der Waals surface area contributed by atoms with Crippen LogP contribution in [0, 0.1) is 0 Å². The van der Waals surface area contributed by atoms with Crippen molar-refractivity contribution in [1.82, 2.24) is 10.6 Å². The van der Waals surface area contributed by atoms with Gasteiger partial charge in [-0.25, -0.2) is 0 Å². The van der Waals surface area contributed by atoms with Crippen LogP contribution in [0.25, 0.3) is 0 Å². The summed E-state index contributed by atoms with van der Waals surface area (Å²) in [7, 11) is 0.